The Labute approximate surface area is 46.4 Å². The molecule has 5 heavy (non-hydrogen) atoms. The summed E-state index contributed by atoms with van der Waals surface area (Å²) in [5, 5.41) is 0. The van der Waals surface area contributed by atoms with Crippen molar-refractivity contribution in [2.24, 2.45) is 0 Å². The molecule has 0 fully saturated rings. The van der Waals surface area contributed by atoms with Crippen LogP contribution in [0.3, 0.4) is 0 Å². The summed E-state index contributed by atoms with van der Waals surface area (Å²) in [6.45, 7) is 2.14. The van der Waals surface area contributed by atoms with E-state index in [2.05, 4.69) is 17.1 Å². The molecule has 0 atom stereocenters. The zero-order chi connectivity index (χ0) is 4.12. The molecular weight excluding hydrogens is 167 g/mol. The van der Waals surface area contributed by atoms with Gasteiger partial charge in [0, 0.05) is 0 Å². The standard InChI is InChI=1S/C4H7.Sn/c1-3-4-2;/h1,3H,4H2,2H3;/q;+3. The average Bonchev–Trinajstić information content (AvgIpc) is 1.41. The van der Waals surface area contributed by atoms with Crippen molar-refractivity contribution in [3.8, 4) is 0 Å². The van der Waals surface area contributed by atoms with Crippen molar-refractivity contribution in [2.45, 2.75) is 13.3 Å². The quantitative estimate of drug-likeness (QED) is 0.521. The second-order valence-corrected chi connectivity index (χ2v) is 1.76. The number of hydrogen-bond donors (Lipinski definition) is 0. The molecule has 0 spiro atoms. The molecule has 0 aliphatic heterocycles. The van der Waals surface area contributed by atoms with Crippen molar-refractivity contribution in [1.82, 2.24) is 0 Å². The number of hydrogen-bond acceptors (Lipinski definition) is 0. The molecule has 0 heterocycles. The van der Waals surface area contributed by atoms with Crippen LogP contribution in [0.4, 0.5) is 0 Å². The first-order valence-corrected chi connectivity index (χ1v) is 3.39. The molecule has 24 valence electrons. The molecule has 0 aromatic carbocycles. The normalized spacial score (nSPS) is 10.2. The van der Waals surface area contributed by atoms with Crippen molar-refractivity contribution in [3.05, 3.63) is 10.2 Å². The molecule has 0 saturated carbocycles. The fraction of sp³-hybridized carbons (Fsp3) is 0.500. The van der Waals surface area contributed by atoms with Crippen LogP contribution in [0.25, 0.3) is 0 Å². The van der Waals surface area contributed by atoms with Crippen LogP contribution < -0.4 is 0 Å². The third kappa shape index (κ3) is 4.54. The van der Waals surface area contributed by atoms with Gasteiger partial charge in [-0.3, -0.25) is 0 Å². The first-order chi connectivity index (χ1) is 2.41. The van der Waals surface area contributed by atoms with Gasteiger partial charge in [0.15, 0.2) is 0 Å². The van der Waals surface area contributed by atoms with Gasteiger partial charge < -0.3 is 0 Å². The summed E-state index contributed by atoms with van der Waals surface area (Å²) in [6.07, 6.45) is 3.35. The number of rotatable bonds is 1. The van der Waals surface area contributed by atoms with E-state index in [-0.39, 0.29) is 0 Å². The predicted octanol–water partition coefficient (Wildman–Crippen LogP) is 1.08. The van der Waals surface area contributed by atoms with Gasteiger partial charge >= 0.3 is 46.0 Å². The molecule has 0 amide bonds. The molecule has 0 nitrogen and oxygen atoms in total. The van der Waals surface area contributed by atoms with Gasteiger partial charge in [0.25, 0.3) is 0 Å². The van der Waals surface area contributed by atoms with Crippen molar-refractivity contribution in [3.63, 3.8) is 0 Å². The Hall–Kier alpha value is 0.539. The zero-order valence-electron chi connectivity index (χ0n) is 3.36. The van der Waals surface area contributed by atoms with Crippen LogP contribution in [-0.2, 0) is 0 Å². The van der Waals surface area contributed by atoms with Crippen molar-refractivity contribution < 1.29 is 0 Å². The maximum atomic E-state index is 2.16. The van der Waals surface area contributed by atoms with E-state index >= 15 is 0 Å². The molecule has 0 saturated heterocycles. The first-order valence-electron chi connectivity index (χ1n) is 1.74. The molecule has 1 heteroatoms. The van der Waals surface area contributed by atoms with Crippen molar-refractivity contribution in [2.75, 3.05) is 0 Å². The molecular formula is C4H7Sn+3. The van der Waals surface area contributed by atoms with Crippen LogP contribution in [0.1, 0.15) is 13.3 Å². The summed E-state index contributed by atoms with van der Waals surface area (Å²) >= 11 is 1.50. The van der Waals surface area contributed by atoms with Crippen LogP contribution in [0.15, 0.2) is 10.2 Å². The van der Waals surface area contributed by atoms with Crippen molar-refractivity contribution >= 4 is 22.5 Å². The SMILES string of the molecule is CC/C=[CH]/[Sn+3]. The molecule has 0 radical (unpaired) electrons. The summed E-state index contributed by atoms with van der Waals surface area (Å²) in [5.74, 6) is 0. The van der Waals surface area contributed by atoms with Gasteiger partial charge in [-0.15, -0.1) is 0 Å². The van der Waals surface area contributed by atoms with Crippen LogP contribution in [-0.4, -0.2) is 22.5 Å². The van der Waals surface area contributed by atoms with Gasteiger partial charge in [0.2, 0.25) is 0 Å². The number of allylic oxidation sites excluding steroid dienone is 1. The Morgan fingerprint density at radius 3 is 2.40 bits per heavy atom. The second kappa shape index (κ2) is 4.54. The van der Waals surface area contributed by atoms with E-state index in [0.717, 1.165) is 0 Å². The Kier molecular flexibility index (Phi) is 5.03. The fourth-order valence-electron chi connectivity index (χ4n) is 0.118. The molecule has 0 rings (SSSR count). The van der Waals surface area contributed by atoms with Gasteiger partial charge in [0.05, 0.1) is 0 Å². The second-order valence-electron chi connectivity index (χ2n) is 0.811. The maximum absolute atomic E-state index is 2.16. The van der Waals surface area contributed by atoms with E-state index < -0.39 is 0 Å². The summed E-state index contributed by atoms with van der Waals surface area (Å²) in [6, 6.07) is 0. The van der Waals surface area contributed by atoms with Crippen LogP contribution in [0.2, 0.25) is 0 Å². The minimum atomic E-state index is 1.19. The first kappa shape index (κ1) is 5.54. The van der Waals surface area contributed by atoms with Crippen LogP contribution in [0.5, 0.6) is 0 Å². The topological polar surface area (TPSA) is 0 Å². The predicted molar refractivity (Wildman–Crippen MR) is 25.2 cm³/mol. The van der Waals surface area contributed by atoms with Gasteiger partial charge in [-0.05, 0) is 0 Å². The van der Waals surface area contributed by atoms with E-state index in [1.165, 1.54) is 28.9 Å². The Balaban J connectivity index is 2.62. The monoisotopic (exact) mass is 175 g/mol. The molecule has 0 unspecified atom stereocenters. The Bertz CT molecular complexity index is 30.6. The fourth-order valence-corrected chi connectivity index (χ4v) is 0.791. The van der Waals surface area contributed by atoms with Gasteiger partial charge in [0.1, 0.15) is 0 Å². The van der Waals surface area contributed by atoms with E-state index in [9.17, 15) is 0 Å². The van der Waals surface area contributed by atoms with Crippen LogP contribution in [0, 0.1) is 0 Å². The summed E-state index contributed by atoms with van der Waals surface area (Å²) in [5.41, 5.74) is 0. The Morgan fingerprint density at radius 2 is 2.40 bits per heavy atom. The summed E-state index contributed by atoms with van der Waals surface area (Å²) in [7, 11) is 0. The molecule has 0 aliphatic rings. The van der Waals surface area contributed by atoms with Gasteiger partial charge in [-0.2, -0.15) is 0 Å². The van der Waals surface area contributed by atoms with Gasteiger partial charge in [-0.1, -0.05) is 0 Å². The van der Waals surface area contributed by atoms with Crippen LogP contribution >= 0.6 is 0 Å². The van der Waals surface area contributed by atoms with E-state index in [1.807, 2.05) is 0 Å². The molecule has 0 bridgehead atoms. The van der Waals surface area contributed by atoms with E-state index in [0.29, 0.717) is 0 Å². The average molecular weight is 174 g/mol. The third-order valence-corrected chi connectivity index (χ3v) is 1.03. The molecule has 0 aromatic heterocycles. The minimum absolute atomic E-state index is 1.19. The summed E-state index contributed by atoms with van der Waals surface area (Å²) < 4.78 is 2.15. The Morgan fingerprint density at radius 1 is 1.80 bits per heavy atom. The molecule has 0 N–H and O–H groups in total. The van der Waals surface area contributed by atoms with Gasteiger partial charge in [-0.25, -0.2) is 0 Å². The third-order valence-electron chi connectivity index (χ3n) is 0.354. The molecule has 0 aromatic rings. The van der Waals surface area contributed by atoms with E-state index in [1.54, 1.807) is 0 Å². The zero-order valence-corrected chi connectivity index (χ0v) is 6.22. The van der Waals surface area contributed by atoms with E-state index in [4.69, 9.17) is 0 Å². The van der Waals surface area contributed by atoms with Crippen molar-refractivity contribution in [1.29, 1.82) is 0 Å². The summed E-state index contributed by atoms with van der Waals surface area (Å²) in [4.78, 5) is 0. The molecule has 0 aliphatic carbocycles.